The molecular formula is C15H15ClN2O. The lowest BCUT2D eigenvalue weighted by Crippen LogP contribution is -2.14. The molecule has 1 heterocycles. The summed E-state index contributed by atoms with van der Waals surface area (Å²) in [4.78, 5) is 16.6. The number of aryl methyl sites for hydroxylation is 1. The Kier molecular flexibility index (Phi) is 3.38. The predicted octanol–water partition coefficient (Wildman–Crippen LogP) is 3.30. The average molecular weight is 275 g/mol. The van der Waals surface area contributed by atoms with E-state index in [0.717, 1.165) is 18.5 Å². The first-order chi connectivity index (χ1) is 9.24. The first-order valence-electron chi connectivity index (χ1n) is 6.55. The fourth-order valence-corrected chi connectivity index (χ4v) is 2.68. The molecule has 0 aliphatic heterocycles. The number of fused-ring (bicyclic) bond motifs is 1. The van der Waals surface area contributed by atoms with Gasteiger partial charge in [-0.15, -0.1) is 0 Å². The van der Waals surface area contributed by atoms with Gasteiger partial charge in [0.25, 0.3) is 0 Å². The second kappa shape index (κ2) is 5.17. The number of Topliss-reactive ketones (excluding diaryl/α,β-unsaturated/α-hetero) is 1. The zero-order valence-electron chi connectivity index (χ0n) is 10.6. The van der Waals surface area contributed by atoms with Crippen molar-refractivity contribution in [3.05, 3.63) is 52.6 Å². The van der Waals surface area contributed by atoms with E-state index in [-0.39, 0.29) is 5.78 Å². The maximum absolute atomic E-state index is 12.2. The standard InChI is InChI=1S/C15H15ClN2O/c16-12-7-5-11(6-8-12)15(19)9-18-10-17-13-3-1-2-4-14(13)18/h5-8,10H,1-4,9H2. The molecule has 0 bridgehead atoms. The number of hydrogen-bond acceptors (Lipinski definition) is 2. The summed E-state index contributed by atoms with van der Waals surface area (Å²) in [6.45, 7) is 0.365. The summed E-state index contributed by atoms with van der Waals surface area (Å²) in [7, 11) is 0. The molecule has 0 fully saturated rings. The number of aromatic nitrogens is 2. The van der Waals surface area contributed by atoms with Crippen LogP contribution in [0.15, 0.2) is 30.6 Å². The summed E-state index contributed by atoms with van der Waals surface area (Å²) in [5.41, 5.74) is 3.09. The number of ketones is 1. The van der Waals surface area contributed by atoms with E-state index in [1.807, 2.05) is 4.57 Å². The molecular weight excluding hydrogens is 260 g/mol. The van der Waals surface area contributed by atoms with Crippen LogP contribution in [0.4, 0.5) is 0 Å². The van der Waals surface area contributed by atoms with E-state index in [4.69, 9.17) is 11.6 Å². The first kappa shape index (κ1) is 12.4. The molecule has 0 radical (unpaired) electrons. The monoisotopic (exact) mass is 274 g/mol. The first-order valence-corrected chi connectivity index (χ1v) is 6.93. The minimum absolute atomic E-state index is 0.0995. The second-order valence-electron chi connectivity index (χ2n) is 4.90. The molecule has 19 heavy (non-hydrogen) atoms. The van der Waals surface area contributed by atoms with Crippen LogP contribution < -0.4 is 0 Å². The van der Waals surface area contributed by atoms with Crippen LogP contribution in [0.1, 0.15) is 34.6 Å². The average Bonchev–Trinajstić information content (AvgIpc) is 2.83. The third kappa shape index (κ3) is 2.56. The Morgan fingerprint density at radius 2 is 1.95 bits per heavy atom. The SMILES string of the molecule is O=C(Cn1cnc2c1CCCC2)c1ccc(Cl)cc1. The summed E-state index contributed by atoms with van der Waals surface area (Å²) in [5.74, 6) is 0.0995. The summed E-state index contributed by atoms with van der Waals surface area (Å²) in [5, 5.41) is 0.650. The van der Waals surface area contributed by atoms with E-state index in [2.05, 4.69) is 4.98 Å². The third-order valence-electron chi connectivity index (χ3n) is 3.59. The molecule has 98 valence electrons. The van der Waals surface area contributed by atoms with Crippen molar-refractivity contribution >= 4 is 17.4 Å². The minimum Gasteiger partial charge on any atom is -0.327 e. The van der Waals surface area contributed by atoms with Crippen LogP contribution in [-0.4, -0.2) is 15.3 Å². The number of carbonyl (C=O) groups excluding carboxylic acids is 1. The second-order valence-corrected chi connectivity index (χ2v) is 5.34. The van der Waals surface area contributed by atoms with Crippen molar-refractivity contribution in [1.29, 1.82) is 0 Å². The molecule has 0 amide bonds. The van der Waals surface area contributed by atoms with Gasteiger partial charge < -0.3 is 4.57 Å². The van der Waals surface area contributed by atoms with Crippen molar-refractivity contribution in [2.45, 2.75) is 32.2 Å². The molecule has 1 aromatic carbocycles. The number of hydrogen-bond donors (Lipinski definition) is 0. The van der Waals surface area contributed by atoms with Crippen molar-refractivity contribution in [3.8, 4) is 0 Å². The van der Waals surface area contributed by atoms with Gasteiger partial charge in [-0.25, -0.2) is 4.98 Å². The largest absolute Gasteiger partial charge is 0.327 e. The van der Waals surface area contributed by atoms with E-state index >= 15 is 0 Å². The predicted molar refractivity (Wildman–Crippen MR) is 74.7 cm³/mol. The molecule has 1 aliphatic rings. The van der Waals surface area contributed by atoms with Crippen LogP contribution in [0.3, 0.4) is 0 Å². The highest BCUT2D eigenvalue weighted by Crippen LogP contribution is 2.20. The molecule has 2 aromatic rings. The number of imidazole rings is 1. The number of nitrogens with zero attached hydrogens (tertiary/aromatic N) is 2. The van der Waals surface area contributed by atoms with Crippen LogP contribution in [0.5, 0.6) is 0 Å². The quantitative estimate of drug-likeness (QED) is 0.805. The van der Waals surface area contributed by atoms with E-state index < -0.39 is 0 Å². The van der Waals surface area contributed by atoms with Crippen LogP contribution in [0, 0.1) is 0 Å². The number of rotatable bonds is 3. The van der Waals surface area contributed by atoms with Crippen molar-refractivity contribution in [1.82, 2.24) is 9.55 Å². The summed E-state index contributed by atoms with van der Waals surface area (Å²) < 4.78 is 1.99. The lowest BCUT2D eigenvalue weighted by Gasteiger charge is -2.13. The van der Waals surface area contributed by atoms with Crippen molar-refractivity contribution in [2.24, 2.45) is 0 Å². The van der Waals surface area contributed by atoms with Gasteiger partial charge in [-0.3, -0.25) is 4.79 Å². The fraction of sp³-hybridized carbons (Fsp3) is 0.333. The van der Waals surface area contributed by atoms with Gasteiger partial charge in [0.2, 0.25) is 0 Å². The van der Waals surface area contributed by atoms with E-state index in [1.54, 1.807) is 30.6 Å². The number of benzene rings is 1. The van der Waals surface area contributed by atoms with Crippen LogP contribution in [-0.2, 0) is 19.4 Å². The summed E-state index contributed by atoms with van der Waals surface area (Å²) >= 11 is 5.83. The maximum Gasteiger partial charge on any atom is 0.182 e. The Hall–Kier alpha value is -1.61. The van der Waals surface area contributed by atoms with Crippen LogP contribution >= 0.6 is 11.6 Å². The number of carbonyl (C=O) groups is 1. The Balaban J connectivity index is 1.79. The molecule has 1 aliphatic carbocycles. The Morgan fingerprint density at radius 1 is 1.21 bits per heavy atom. The Labute approximate surface area is 117 Å². The van der Waals surface area contributed by atoms with E-state index in [0.29, 0.717) is 17.1 Å². The summed E-state index contributed by atoms with van der Waals surface area (Å²) in [6.07, 6.45) is 6.26. The highest BCUT2D eigenvalue weighted by molar-refractivity contribution is 6.30. The molecule has 0 atom stereocenters. The van der Waals surface area contributed by atoms with Crippen molar-refractivity contribution < 1.29 is 4.79 Å². The van der Waals surface area contributed by atoms with Gasteiger partial charge >= 0.3 is 0 Å². The van der Waals surface area contributed by atoms with Gasteiger partial charge in [0.1, 0.15) is 0 Å². The molecule has 0 saturated carbocycles. The molecule has 0 unspecified atom stereocenters. The van der Waals surface area contributed by atoms with Gasteiger partial charge in [0.15, 0.2) is 5.78 Å². The zero-order valence-corrected chi connectivity index (χ0v) is 11.4. The molecule has 1 aromatic heterocycles. The van der Waals surface area contributed by atoms with Crippen molar-refractivity contribution in [2.75, 3.05) is 0 Å². The Bertz CT molecular complexity index is 601. The van der Waals surface area contributed by atoms with Crippen LogP contribution in [0.2, 0.25) is 5.02 Å². The topological polar surface area (TPSA) is 34.9 Å². The Morgan fingerprint density at radius 3 is 2.74 bits per heavy atom. The maximum atomic E-state index is 12.2. The normalized spacial score (nSPS) is 14.2. The number of halogens is 1. The molecule has 3 nitrogen and oxygen atoms in total. The zero-order chi connectivity index (χ0) is 13.2. The lowest BCUT2D eigenvalue weighted by molar-refractivity contribution is 0.0971. The smallest absolute Gasteiger partial charge is 0.182 e. The fourth-order valence-electron chi connectivity index (χ4n) is 2.55. The highest BCUT2D eigenvalue weighted by atomic mass is 35.5. The van der Waals surface area contributed by atoms with Gasteiger partial charge in [0, 0.05) is 16.3 Å². The van der Waals surface area contributed by atoms with E-state index in [1.165, 1.54) is 18.5 Å². The lowest BCUT2D eigenvalue weighted by atomic mass is 10.0. The van der Waals surface area contributed by atoms with E-state index in [9.17, 15) is 4.79 Å². The minimum atomic E-state index is 0.0995. The molecule has 0 N–H and O–H groups in total. The van der Waals surface area contributed by atoms with Gasteiger partial charge in [-0.1, -0.05) is 11.6 Å². The molecule has 0 saturated heterocycles. The van der Waals surface area contributed by atoms with Crippen LogP contribution in [0.25, 0.3) is 0 Å². The third-order valence-corrected chi connectivity index (χ3v) is 3.84. The van der Waals surface area contributed by atoms with Gasteiger partial charge in [-0.2, -0.15) is 0 Å². The molecule has 3 rings (SSSR count). The van der Waals surface area contributed by atoms with Gasteiger partial charge in [-0.05, 0) is 49.9 Å². The molecule has 4 heteroatoms. The van der Waals surface area contributed by atoms with Gasteiger partial charge in [0.05, 0.1) is 18.6 Å². The highest BCUT2D eigenvalue weighted by Gasteiger charge is 2.17. The van der Waals surface area contributed by atoms with Crippen molar-refractivity contribution in [3.63, 3.8) is 0 Å². The summed E-state index contributed by atoms with van der Waals surface area (Å²) in [6, 6.07) is 7.04. The molecule has 0 spiro atoms.